The zero-order valence-electron chi connectivity index (χ0n) is 8.50. The second-order valence-electron chi connectivity index (χ2n) is 3.88. The van der Waals surface area contributed by atoms with E-state index in [2.05, 4.69) is 0 Å². The molecule has 0 aliphatic heterocycles. The van der Waals surface area contributed by atoms with Gasteiger partial charge in [0.2, 0.25) is 0 Å². The first-order chi connectivity index (χ1) is 6.43. The van der Waals surface area contributed by atoms with E-state index in [9.17, 15) is 13.2 Å². The monoisotopic (exact) mass is 202 g/mol. The molecule has 0 aliphatic rings. The third-order valence-corrected chi connectivity index (χ3v) is 2.05. The summed E-state index contributed by atoms with van der Waals surface area (Å²) in [5.74, 6) is -2.55. The maximum atomic E-state index is 13.3. The summed E-state index contributed by atoms with van der Waals surface area (Å²) in [6.07, 6.45) is 0.217. The largest absolute Gasteiger partial charge is 0.207 e. The summed E-state index contributed by atoms with van der Waals surface area (Å²) < 4.78 is 39.6. The van der Waals surface area contributed by atoms with Crippen LogP contribution in [-0.4, -0.2) is 0 Å². The maximum absolute atomic E-state index is 13.3. The molecule has 1 rings (SSSR count). The summed E-state index contributed by atoms with van der Waals surface area (Å²) in [4.78, 5) is 0. The molecule has 3 heteroatoms. The van der Waals surface area contributed by atoms with Gasteiger partial charge in [-0.1, -0.05) is 13.8 Å². The van der Waals surface area contributed by atoms with Crippen LogP contribution in [0, 0.1) is 30.3 Å². The number of halogens is 3. The van der Waals surface area contributed by atoms with Gasteiger partial charge in [-0.05, 0) is 30.9 Å². The van der Waals surface area contributed by atoms with Crippen molar-refractivity contribution in [2.45, 2.75) is 27.2 Å². The van der Waals surface area contributed by atoms with Crippen molar-refractivity contribution in [3.63, 3.8) is 0 Å². The van der Waals surface area contributed by atoms with Gasteiger partial charge in [0.25, 0.3) is 0 Å². The Balaban J connectivity index is 3.22. The number of rotatable bonds is 2. The highest BCUT2D eigenvalue weighted by Crippen LogP contribution is 2.21. The van der Waals surface area contributed by atoms with Gasteiger partial charge < -0.3 is 0 Å². The van der Waals surface area contributed by atoms with Gasteiger partial charge in [0, 0.05) is 5.56 Å². The summed E-state index contributed by atoms with van der Waals surface area (Å²) in [5.41, 5.74) is -0.143. The number of hydrogen-bond donors (Lipinski definition) is 0. The Labute approximate surface area is 81.8 Å². The van der Waals surface area contributed by atoms with Gasteiger partial charge in [0.15, 0.2) is 11.6 Å². The van der Waals surface area contributed by atoms with Gasteiger partial charge in [-0.2, -0.15) is 0 Å². The molecule has 0 N–H and O–H groups in total. The average Bonchev–Trinajstić information content (AvgIpc) is 2.09. The van der Waals surface area contributed by atoms with Crippen LogP contribution < -0.4 is 0 Å². The van der Waals surface area contributed by atoms with Gasteiger partial charge in [0.05, 0.1) is 0 Å². The average molecular weight is 202 g/mol. The Kier molecular flexibility index (Phi) is 3.19. The highest BCUT2D eigenvalue weighted by molar-refractivity contribution is 5.27. The van der Waals surface area contributed by atoms with Crippen LogP contribution in [0.15, 0.2) is 6.07 Å². The molecule has 0 aliphatic carbocycles. The number of benzene rings is 1. The van der Waals surface area contributed by atoms with E-state index < -0.39 is 17.5 Å². The van der Waals surface area contributed by atoms with E-state index in [4.69, 9.17) is 0 Å². The first kappa shape index (κ1) is 11.1. The molecule has 0 nitrogen and oxygen atoms in total. The van der Waals surface area contributed by atoms with Crippen LogP contribution in [0.4, 0.5) is 13.2 Å². The normalized spacial score (nSPS) is 11.1. The van der Waals surface area contributed by atoms with Gasteiger partial charge >= 0.3 is 0 Å². The van der Waals surface area contributed by atoms with E-state index in [-0.39, 0.29) is 23.5 Å². The lowest BCUT2D eigenvalue weighted by Gasteiger charge is -2.09. The van der Waals surface area contributed by atoms with Crippen molar-refractivity contribution in [2.24, 2.45) is 5.92 Å². The highest BCUT2D eigenvalue weighted by Gasteiger charge is 2.17. The molecule has 0 spiro atoms. The first-order valence-electron chi connectivity index (χ1n) is 4.56. The second-order valence-corrected chi connectivity index (χ2v) is 3.88. The Morgan fingerprint density at radius 3 is 2.21 bits per heavy atom. The smallest absolute Gasteiger partial charge is 0.165 e. The maximum Gasteiger partial charge on any atom is 0.165 e. The van der Waals surface area contributed by atoms with Crippen molar-refractivity contribution < 1.29 is 13.2 Å². The predicted molar refractivity (Wildman–Crippen MR) is 49.6 cm³/mol. The molecular formula is C11H13F3. The quantitative estimate of drug-likeness (QED) is 0.642. The fourth-order valence-electron chi connectivity index (χ4n) is 1.35. The van der Waals surface area contributed by atoms with E-state index in [1.54, 1.807) is 0 Å². The number of aryl methyl sites for hydroxylation is 1. The molecule has 0 fully saturated rings. The van der Waals surface area contributed by atoms with Crippen LogP contribution in [0.2, 0.25) is 0 Å². The lowest BCUT2D eigenvalue weighted by molar-refractivity contribution is 0.462. The molecular weight excluding hydrogens is 189 g/mol. The molecule has 0 radical (unpaired) electrons. The Hall–Kier alpha value is -0.990. The number of hydrogen-bond acceptors (Lipinski definition) is 0. The summed E-state index contributed by atoms with van der Waals surface area (Å²) in [7, 11) is 0. The Morgan fingerprint density at radius 1 is 1.14 bits per heavy atom. The van der Waals surface area contributed by atoms with E-state index in [0.717, 1.165) is 6.07 Å². The van der Waals surface area contributed by atoms with Crippen molar-refractivity contribution in [1.29, 1.82) is 0 Å². The van der Waals surface area contributed by atoms with Crippen molar-refractivity contribution in [3.05, 3.63) is 34.6 Å². The van der Waals surface area contributed by atoms with Crippen LogP contribution in [0.5, 0.6) is 0 Å². The molecule has 1 aromatic rings. The van der Waals surface area contributed by atoms with Gasteiger partial charge in [-0.3, -0.25) is 0 Å². The van der Waals surface area contributed by atoms with Crippen LogP contribution in [0.1, 0.15) is 25.0 Å². The summed E-state index contributed by atoms with van der Waals surface area (Å²) in [6, 6.07) is 1.04. The fraction of sp³-hybridized carbons (Fsp3) is 0.455. The highest BCUT2D eigenvalue weighted by atomic mass is 19.2. The molecule has 0 amide bonds. The third kappa shape index (κ3) is 2.08. The zero-order valence-corrected chi connectivity index (χ0v) is 8.50. The lowest BCUT2D eigenvalue weighted by atomic mass is 10.0. The molecule has 0 unspecified atom stereocenters. The lowest BCUT2D eigenvalue weighted by Crippen LogP contribution is -2.05. The first-order valence-corrected chi connectivity index (χ1v) is 4.56. The molecule has 0 saturated carbocycles. The van der Waals surface area contributed by atoms with Crippen LogP contribution >= 0.6 is 0 Å². The fourth-order valence-corrected chi connectivity index (χ4v) is 1.35. The van der Waals surface area contributed by atoms with Crippen molar-refractivity contribution >= 4 is 0 Å². The van der Waals surface area contributed by atoms with Gasteiger partial charge in [0.1, 0.15) is 5.82 Å². The van der Waals surface area contributed by atoms with Crippen LogP contribution in [0.25, 0.3) is 0 Å². The minimum atomic E-state index is -1.05. The predicted octanol–water partition coefficient (Wildman–Crippen LogP) is 3.61. The Bertz CT molecular complexity index is 343. The molecule has 14 heavy (non-hydrogen) atoms. The summed E-state index contributed by atoms with van der Waals surface area (Å²) in [6.45, 7) is 5.01. The Morgan fingerprint density at radius 2 is 1.71 bits per heavy atom. The van der Waals surface area contributed by atoms with E-state index in [1.807, 2.05) is 13.8 Å². The summed E-state index contributed by atoms with van der Waals surface area (Å²) >= 11 is 0. The van der Waals surface area contributed by atoms with Crippen LogP contribution in [-0.2, 0) is 6.42 Å². The van der Waals surface area contributed by atoms with Crippen LogP contribution in [0.3, 0.4) is 0 Å². The standard InChI is InChI=1S/C11H13F3/c1-6(2)4-8-9(12)5-7(3)10(13)11(8)14/h5-6H,4H2,1-3H3. The van der Waals surface area contributed by atoms with E-state index in [0.29, 0.717) is 0 Å². The molecule has 78 valence electrons. The molecule has 0 heterocycles. The van der Waals surface area contributed by atoms with Gasteiger partial charge in [-0.15, -0.1) is 0 Å². The topological polar surface area (TPSA) is 0 Å². The molecule has 0 atom stereocenters. The van der Waals surface area contributed by atoms with E-state index in [1.165, 1.54) is 6.92 Å². The molecule has 0 bridgehead atoms. The minimum Gasteiger partial charge on any atom is -0.207 e. The zero-order chi connectivity index (χ0) is 10.9. The molecule has 1 aromatic carbocycles. The van der Waals surface area contributed by atoms with E-state index >= 15 is 0 Å². The van der Waals surface area contributed by atoms with Crippen molar-refractivity contribution in [1.82, 2.24) is 0 Å². The van der Waals surface area contributed by atoms with Gasteiger partial charge in [-0.25, -0.2) is 13.2 Å². The second kappa shape index (κ2) is 4.03. The van der Waals surface area contributed by atoms with Crippen molar-refractivity contribution in [2.75, 3.05) is 0 Å². The SMILES string of the molecule is Cc1cc(F)c(CC(C)C)c(F)c1F. The minimum absolute atomic E-state index is 0.00695. The summed E-state index contributed by atoms with van der Waals surface area (Å²) in [5, 5.41) is 0. The molecule has 0 aromatic heterocycles. The molecule has 0 saturated heterocycles. The van der Waals surface area contributed by atoms with Crippen molar-refractivity contribution in [3.8, 4) is 0 Å². The third-order valence-electron chi connectivity index (χ3n) is 2.05.